The molecule has 1 aromatic carbocycles. The molecule has 0 aromatic heterocycles. The van der Waals surface area contributed by atoms with Crippen molar-refractivity contribution in [2.45, 2.75) is 50.2 Å². The summed E-state index contributed by atoms with van der Waals surface area (Å²) >= 11 is 0. The first-order chi connectivity index (χ1) is 9.21. The molecule has 102 valence electrons. The smallest absolute Gasteiger partial charge is 0.241 e. The molecule has 1 aliphatic heterocycles. The van der Waals surface area contributed by atoms with Gasteiger partial charge in [0.2, 0.25) is 5.91 Å². The SMILES string of the molecule is CN1C(=O)[C@H](Cc2ccccc2)NC12CCCCC2. The van der Waals surface area contributed by atoms with Gasteiger partial charge in [0, 0.05) is 7.05 Å². The maximum absolute atomic E-state index is 12.4. The molecular weight excluding hydrogens is 236 g/mol. The minimum Gasteiger partial charge on any atom is -0.326 e. The number of rotatable bonds is 2. The van der Waals surface area contributed by atoms with Crippen molar-refractivity contribution < 1.29 is 4.79 Å². The minimum absolute atomic E-state index is 0.0505. The molecule has 1 heterocycles. The van der Waals surface area contributed by atoms with Gasteiger partial charge in [0.05, 0.1) is 11.7 Å². The Hall–Kier alpha value is -1.35. The van der Waals surface area contributed by atoms with Crippen molar-refractivity contribution in [2.75, 3.05) is 7.05 Å². The molecule has 1 aliphatic carbocycles. The van der Waals surface area contributed by atoms with Gasteiger partial charge in [0.15, 0.2) is 0 Å². The molecule has 1 aromatic rings. The highest BCUT2D eigenvalue weighted by Gasteiger charge is 2.48. The van der Waals surface area contributed by atoms with Crippen LogP contribution in [0.3, 0.4) is 0 Å². The molecule has 0 bridgehead atoms. The summed E-state index contributed by atoms with van der Waals surface area (Å²) in [6.07, 6.45) is 6.74. The van der Waals surface area contributed by atoms with Crippen LogP contribution in [0.1, 0.15) is 37.7 Å². The summed E-state index contributed by atoms with van der Waals surface area (Å²) in [5.41, 5.74) is 1.17. The second-order valence-corrected chi connectivity index (χ2v) is 5.88. The van der Waals surface area contributed by atoms with Gasteiger partial charge in [-0.3, -0.25) is 10.1 Å². The minimum atomic E-state index is -0.0607. The second kappa shape index (κ2) is 4.97. The first kappa shape index (κ1) is 12.7. The van der Waals surface area contributed by atoms with Crippen LogP contribution in [0.15, 0.2) is 30.3 Å². The molecule has 1 atom stereocenters. The monoisotopic (exact) mass is 258 g/mol. The average Bonchev–Trinajstić information content (AvgIpc) is 2.67. The van der Waals surface area contributed by atoms with Crippen molar-refractivity contribution in [1.82, 2.24) is 10.2 Å². The van der Waals surface area contributed by atoms with Crippen molar-refractivity contribution in [3.63, 3.8) is 0 Å². The third-order valence-corrected chi connectivity index (χ3v) is 4.68. The van der Waals surface area contributed by atoms with E-state index in [2.05, 4.69) is 17.4 Å². The lowest BCUT2D eigenvalue weighted by Gasteiger charge is -2.39. The third kappa shape index (κ3) is 2.27. The zero-order valence-corrected chi connectivity index (χ0v) is 11.6. The highest BCUT2D eigenvalue weighted by molar-refractivity contribution is 5.85. The molecule has 2 aliphatic rings. The van der Waals surface area contributed by atoms with Crippen molar-refractivity contribution in [1.29, 1.82) is 0 Å². The van der Waals surface area contributed by atoms with Gasteiger partial charge in [-0.05, 0) is 37.7 Å². The number of likely N-dealkylation sites (N-methyl/N-ethyl adjacent to an activating group) is 1. The summed E-state index contributed by atoms with van der Waals surface area (Å²) < 4.78 is 0. The molecule has 19 heavy (non-hydrogen) atoms. The lowest BCUT2D eigenvalue weighted by atomic mass is 9.88. The number of amides is 1. The fraction of sp³-hybridized carbons (Fsp3) is 0.562. The van der Waals surface area contributed by atoms with Gasteiger partial charge in [-0.25, -0.2) is 0 Å². The Kier molecular flexibility index (Phi) is 3.31. The zero-order valence-electron chi connectivity index (χ0n) is 11.6. The second-order valence-electron chi connectivity index (χ2n) is 5.88. The van der Waals surface area contributed by atoms with Gasteiger partial charge < -0.3 is 4.90 Å². The Bertz CT molecular complexity index is 451. The fourth-order valence-corrected chi connectivity index (χ4v) is 3.53. The van der Waals surface area contributed by atoms with Crippen LogP contribution in [0.25, 0.3) is 0 Å². The van der Waals surface area contributed by atoms with Gasteiger partial charge in [0.25, 0.3) is 0 Å². The van der Waals surface area contributed by atoms with Crippen LogP contribution >= 0.6 is 0 Å². The van der Waals surface area contributed by atoms with E-state index in [4.69, 9.17) is 0 Å². The normalized spacial score (nSPS) is 26.1. The lowest BCUT2D eigenvalue weighted by Crippen LogP contribution is -2.52. The molecule has 3 heteroatoms. The van der Waals surface area contributed by atoms with Crippen molar-refractivity contribution in [3.05, 3.63) is 35.9 Å². The molecule has 2 fully saturated rings. The van der Waals surface area contributed by atoms with Gasteiger partial charge in [-0.15, -0.1) is 0 Å². The molecule has 0 unspecified atom stereocenters. The van der Waals surface area contributed by atoms with Crippen LogP contribution in [-0.4, -0.2) is 29.6 Å². The van der Waals surface area contributed by atoms with E-state index >= 15 is 0 Å². The van der Waals surface area contributed by atoms with E-state index < -0.39 is 0 Å². The molecule has 1 amide bonds. The molecule has 1 saturated carbocycles. The van der Waals surface area contributed by atoms with E-state index in [1.54, 1.807) is 0 Å². The summed E-state index contributed by atoms with van der Waals surface area (Å²) in [6.45, 7) is 0. The maximum Gasteiger partial charge on any atom is 0.241 e. The van der Waals surface area contributed by atoms with Gasteiger partial charge in [-0.2, -0.15) is 0 Å². The predicted octanol–water partition coefficient (Wildman–Crippen LogP) is 2.32. The van der Waals surface area contributed by atoms with Crippen LogP contribution in [0, 0.1) is 0 Å². The van der Waals surface area contributed by atoms with E-state index in [9.17, 15) is 4.79 Å². The van der Waals surface area contributed by atoms with Crippen LogP contribution in [0.2, 0.25) is 0 Å². The summed E-state index contributed by atoms with van der Waals surface area (Å²) in [6, 6.07) is 10.2. The van der Waals surface area contributed by atoms with Crippen LogP contribution in [0.5, 0.6) is 0 Å². The molecule has 1 spiro atoms. The summed E-state index contributed by atoms with van der Waals surface area (Å²) in [7, 11) is 1.96. The van der Waals surface area contributed by atoms with Crippen LogP contribution < -0.4 is 5.32 Å². The van der Waals surface area contributed by atoms with E-state index in [-0.39, 0.29) is 17.6 Å². The summed E-state index contributed by atoms with van der Waals surface area (Å²) in [5, 5.41) is 3.63. The standard InChI is InChI=1S/C16H22N2O/c1-18-15(19)14(12-13-8-4-2-5-9-13)17-16(18)10-6-3-7-11-16/h2,4-5,8-9,14,17H,3,6-7,10-12H2,1H3/t14-/m0/s1. The van der Waals surface area contributed by atoms with E-state index in [1.165, 1.54) is 24.8 Å². The Morgan fingerprint density at radius 1 is 1.21 bits per heavy atom. The molecular formula is C16H22N2O. The number of benzene rings is 1. The van der Waals surface area contributed by atoms with Crippen molar-refractivity contribution in [3.8, 4) is 0 Å². The predicted molar refractivity (Wildman–Crippen MR) is 75.7 cm³/mol. The van der Waals surface area contributed by atoms with E-state index in [1.807, 2.05) is 30.1 Å². The van der Waals surface area contributed by atoms with Crippen LogP contribution in [0.4, 0.5) is 0 Å². The maximum atomic E-state index is 12.4. The number of carbonyl (C=O) groups excluding carboxylic acids is 1. The van der Waals surface area contributed by atoms with Gasteiger partial charge >= 0.3 is 0 Å². The van der Waals surface area contributed by atoms with Crippen molar-refractivity contribution >= 4 is 5.91 Å². The first-order valence-corrected chi connectivity index (χ1v) is 7.31. The number of nitrogens with zero attached hydrogens (tertiary/aromatic N) is 1. The number of hydrogen-bond donors (Lipinski definition) is 1. The average molecular weight is 258 g/mol. The molecule has 1 saturated heterocycles. The number of nitrogens with one attached hydrogen (secondary N) is 1. The Morgan fingerprint density at radius 2 is 1.89 bits per heavy atom. The van der Waals surface area contributed by atoms with E-state index in [0.29, 0.717) is 0 Å². The summed E-state index contributed by atoms with van der Waals surface area (Å²) in [4.78, 5) is 14.4. The Balaban J connectivity index is 1.75. The summed E-state index contributed by atoms with van der Waals surface area (Å²) in [5.74, 6) is 0.255. The third-order valence-electron chi connectivity index (χ3n) is 4.68. The van der Waals surface area contributed by atoms with Crippen LogP contribution in [-0.2, 0) is 11.2 Å². The molecule has 3 rings (SSSR count). The highest BCUT2D eigenvalue weighted by atomic mass is 16.2. The Labute approximate surface area is 115 Å². The van der Waals surface area contributed by atoms with E-state index in [0.717, 1.165) is 19.3 Å². The first-order valence-electron chi connectivity index (χ1n) is 7.31. The fourth-order valence-electron chi connectivity index (χ4n) is 3.53. The quantitative estimate of drug-likeness (QED) is 0.883. The molecule has 1 N–H and O–H groups in total. The highest BCUT2D eigenvalue weighted by Crippen LogP contribution is 2.35. The zero-order chi connectivity index (χ0) is 13.3. The Morgan fingerprint density at radius 3 is 2.58 bits per heavy atom. The molecule has 0 radical (unpaired) electrons. The number of carbonyl (C=O) groups is 1. The lowest BCUT2D eigenvalue weighted by molar-refractivity contribution is -0.131. The largest absolute Gasteiger partial charge is 0.326 e. The van der Waals surface area contributed by atoms with Crippen molar-refractivity contribution in [2.24, 2.45) is 0 Å². The number of hydrogen-bond acceptors (Lipinski definition) is 2. The van der Waals surface area contributed by atoms with Gasteiger partial charge in [0.1, 0.15) is 0 Å². The molecule has 3 nitrogen and oxygen atoms in total. The van der Waals surface area contributed by atoms with Gasteiger partial charge in [-0.1, -0.05) is 36.8 Å². The topological polar surface area (TPSA) is 32.3 Å².